The number of ketones is 1. The van der Waals surface area contributed by atoms with Crippen molar-refractivity contribution in [3.05, 3.63) is 75.7 Å². The molecular weight excluding hydrogens is 522 g/mol. The zero-order chi connectivity index (χ0) is 30.4. The van der Waals surface area contributed by atoms with Gasteiger partial charge in [-0.15, -0.1) is 0 Å². The van der Waals surface area contributed by atoms with E-state index < -0.39 is 23.4 Å². The van der Waals surface area contributed by atoms with Crippen LogP contribution in [0.15, 0.2) is 56.2 Å². The average molecular weight is 568 g/mol. The van der Waals surface area contributed by atoms with Crippen LogP contribution in [-0.4, -0.2) is 24.1 Å². The van der Waals surface area contributed by atoms with Gasteiger partial charge in [0.15, 0.2) is 5.78 Å². The number of nitrogens with one attached hydrogen (secondary N) is 1. The molecule has 0 radical (unpaired) electrons. The number of unbranched alkanes of at least 4 members (excludes halogenated alkanes) is 3. The van der Waals surface area contributed by atoms with Crippen LogP contribution in [0.3, 0.4) is 0 Å². The summed E-state index contributed by atoms with van der Waals surface area (Å²) in [5, 5.41) is 13.6. The van der Waals surface area contributed by atoms with E-state index in [1.54, 1.807) is 19.9 Å². The molecule has 0 saturated carbocycles. The minimum Gasteiger partial charge on any atom is -0.507 e. The van der Waals surface area contributed by atoms with Crippen LogP contribution < -0.4 is 10.9 Å². The normalized spacial score (nSPS) is 11.9. The quantitative estimate of drug-likeness (QED) is 0.158. The van der Waals surface area contributed by atoms with Crippen LogP contribution in [-0.2, 0) is 17.6 Å². The predicted molar refractivity (Wildman–Crippen MR) is 162 cm³/mol. The molecule has 224 valence electrons. The molecule has 0 bridgehead atoms. The van der Waals surface area contributed by atoms with E-state index in [0.717, 1.165) is 17.8 Å². The molecule has 1 amide bonds. The standard InChI is InChI=1S/C17H23NO6.C16H22O/c1-10(2)15(20)14-12(19)9-13(24-16(14)21)11(3)7-5-6-8-18-17(22)23-4;1-3-5-6-7-8-13-9-10-16-14(11-13)12-15(4-2)17-16/h6,8-11,19H,5,7H2,1-4H3,(H,18,22);9-12H,3-8H2,1-2H3/b8-6+;. The van der Waals surface area contributed by atoms with Gasteiger partial charge in [0.25, 0.3) is 0 Å². The predicted octanol–water partition coefficient (Wildman–Crippen LogP) is 8.06. The van der Waals surface area contributed by atoms with Crippen molar-refractivity contribution in [3.63, 3.8) is 0 Å². The topological polar surface area (TPSA) is 119 Å². The molecule has 0 aliphatic carbocycles. The smallest absolute Gasteiger partial charge is 0.410 e. The van der Waals surface area contributed by atoms with Gasteiger partial charge in [0.05, 0.1) is 7.11 Å². The fourth-order valence-corrected chi connectivity index (χ4v) is 4.25. The van der Waals surface area contributed by atoms with Crippen molar-refractivity contribution in [3.8, 4) is 5.75 Å². The maximum Gasteiger partial charge on any atom is 0.410 e. The van der Waals surface area contributed by atoms with E-state index in [-0.39, 0.29) is 17.2 Å². The largest absolute Gasteiger partial charge is 0.507 e. The summed E-state index contributed by atoms with van der Waals surface area (Å²) >= 11 is 0. The van der Waals surface area contributed by atoms with Gasteiger partial charge in [-0.05, 0) is 49.4 Å². The van der Waals surface area contributed by atoms with Gasteiger partial charge in [-0.3, -0.25) is 10.1 Å². The molecule has 0 fully saturated rings. The molecule has 1 atom stereocenters. The van der Waals surface area contributed by atoms with E-state index in [1.807, 2.05) is 6.92 Å². The molecule has 0 spiro atoms. The summed E-state index contributed by atoms with van der Waals surface area (Å²) in [5.41, 5.74) is 1.35. The molecule has 2 N–H and O–H groups in total. The summed E-state index contributed by atoms with van der Waals surface area (Å²) in [6, 6.07) is 10.1. The van der Waals surface area contributed by atoms with Gasteiger partial charge in [-0.1, -0.05) is 66.0 Å². The highest BCUT2D eigenvalue weighted by atomic mass is 16.5. The summed E-state index contributed by atoms with van der Waals surface area (Å²) in [5.74, 6) is 0.0475. The zero-order valence-corrected chi connectivity index (χ0v) is 25.2. The minimum absolute atomic E-state index is 0.144. The summed E-state index contributed by atoms with van der Waals surface area (Å²) < 4.78 is 15.3. The molecule has 3 aromatic rings. The lowest BCUT2D eigenvalue weighted by molar-refractivity contribution is 0.0931. The Hall–Kier alpha value is -3.81. The lowest BCUT2D eigenvalue weighted by Crippen LogP contribution is -2.19. The Bertz CT molecular complexity index is 1350. The molecule has 8 nitrogen and oxygen atoms in total. The van der Waals surface area contributed by atoms with Crippen LogP contribution in [0, 0.1) is 5.92 Å². The van der Waals surface area contributed by atoms with Crippen molar-refractivity contribution >= 4 is 22.8 Å². The number of hydrogen-bond donors (Lipinski definition) is 2. The number of allylic oxidation sites excluding steroid dienone is 1. The molecule has 0 saturated heterocycles. The van der Waals surface area contributed by atoms with Gasteiger partial charge < -0.3 is 18.7 Å². The fraction of sp³-hybridized carbons (Fsp3) is 0.485. The summed E-state index contributed by atoms with van der Waals surface area (Å²) in [4.78, 5) is 34.7. The Balaban J connectivity index is 0.000000303. The van der Waals surface area contributed by atoms with Crippen LogP contribution >= 0.6 is 0 Å². The molecule has 1 unspecified atom stereocenters. The maximum absolute atomic E-state index is 12.0. The fourth-order valence-electron chi connectivity index (χ4n) is 4.25. The Morgan fingerprint density at radius 3 is 2.44 bits per heavy atom. The van der Waals surface area contributed by atoms with Gasteiger partial charge in [-0.25, -0.2) is 9.59 Å². The second kappa shape index (κ2) is 17.1. The molecule has 0 aliphatic heterocycles. The number of aryl methyl sites for hydroxylation is 2. The number of ether oxygens (including phenoxy) is 1. The third kappa shape index (κ3) is 10.6. The average Bonchev–Trinajstić information content (AvgIpc) is 3.37. The van der Waals surface area contributed by atoms with Crippen LogP contribution in [0.4, 0.5) is 4.79 Å². The first-order valence-corrected chi connectivity index (χ1v) is 14.5. The van der Waals surface area contributed by atoms with Gasteiger partial charge in [-0.2, -0.15) is 0 Å². The second-order valence-electron chi connectivity index (χ2n) is 10.5. The van der Waals surface area contributed by atoms with Gasteiger partial charge >= 0.3 is 11.7 Å². The molecule has 0 aliphatic rings. The number of alkyl carbamates (subject to hydrolysis) is 1. The van der Waals surface area contributed by atoms with E-state index in [1.165, 1.54) is 62.4 Å². The number of fused-ring (bicyclic) bond motifs is 1. The number of carbonyl (C=O) groups excluding carboxylic acids is 2. The number of hydrogen-bond acceptors (Lipinski definition) is 7. The first-order valence-electron chi connectivity index (χ1n) is 14.5. The van der Waals surface area contributed by atoms with Crippen LogP contribution in [0.1, 0.15) is 107 Å². The van der Waals surface area contributed by atoms with Crippen molar-refractivity contribution in [1.29, 1.82) is 0 Å². The van der Waals surface area contributed by atoms with Crippen LogP contribution in [0.5, 0.6) is 5.75 Å². The number of benzene rings is 1. The lowest BCUT2D eigenvalue weighted by Gasteiger charge is -2.11. The molecule has 2 heterocycles. The third-order valence-electron chi connectivity index (χ3n) is 6.78. The Morgan fingerprint density at radius 1 is 1.05 bits per heavy atom. The first-order chi connectivity index (χ1) is 19.6. The van der Waals surface area contributed by atoms with Crippen molar-refractivity contribution in [2.24, 2.45) is 5.92 Å². The number of furan rings is 1. The second-order valence-corrected chi connectivity index (χ2v) is 10.5. The molecule has 8 heteroatoms. The van der Waals surface area contributed by atoms with E-state index >= 15 is 0 Å². The van der Waals surface area contributed by atoms with E-state index in [4.69, 9.17) is 8.83 Å². The maximum atomic E-state index is 12.0. The molecular formula is C33H45NO7. The monoisotopic (exact) mass is 567 g/mol. The van der Waals surface area contributed by atoms with Gasteiger partial charge in [0.2, 0.25) is 0 Å². The first kappa shape index (κ1) is 33.4. The Morgan fingerprint density at radius 2 is 1.80 bits per heavy atom. The highest BCUT2D eigenvalue weighted by Crippen LogP contribution is 2.26. The Labute approximate surface area is 242 Å². The summed E-state index contributed by atoms with van der Waals surface area (Å²) in [7, 11) is 1.27. The van der Waals surface area contributed by atoms with Crippen molar-refractivity contribution in [2.45, 2.75) is 91.9 Å². The number of rotatable bonds is 13. The number of Topliss-reactive ketones (excluding diaryl/α,β-unsaturated/α-hetero) is 1. The molecule has 1 aromatic carbocycles. The molecule has 3 rings (SSSR count). The van der Waals surface area contributed by atoms with Crippen molar-refractivity contribution < 1.29 is 28.3 Å². The Kier molecular flexibility index (Phi) is 13.9. The van der Waals surface area contributed by atoms with Crippen LogP contribution in [0.2, 0.25) is 0 Å². The van der Waals surface area contributed by atoms with Gasteiger partial charge in [0, 0.05) is 35.9 Å². The van der Waals surface area contributed by atoms with Crippen molar-refractivity contribution in [1.82, 2.24) is 5.32 Å². The number of carbonyl (C=O) groups is 2. The molecule has 41 heavy (non-hydrogen) atoms. The zero-order valence-electron chi connectivity index (χ0n) is 25.2. The minimum atomic E-state index is -0.821. The van der Waals surface area contributed by atoms with Crippen molar-refractivity contribution in [2.75, 3.05) is 7.11 Å². The van der Waals surface area contributed by atoms with Crippen LogP contribution in [0.25, 0.3) is 11.0 Å². The van der Waals surface area contributed by atoms with E-state index in [0.29, 0.717) is 18.6 Å². The number of amides is 1. The number of aromatic hydroxyl groups is 1. The SMILES string of the molecule is CCCCCCc1ccc2oc(CC)cc2c1.COC(=O)N/C=C/CCC(C)c1cc(O)c(C(=O)C(C)C)c(=O)o1. The lowest BCUT2D eigenvalue weighted by atomic mass is 9.99. The summed E-state index contributed by atoms with van der Waals surface area (Å²) in [6.07, 6.45) is 11.4. The third-order valence-corrected chi connectivity index (χ3v) is 6.78. The summed E-state index contributed by atoms with van der Waals surface area (Å²) in [6.45, 7) is 9.51. The highest BCUT2D eigenvalue weighted by Gasteiger charge is 2.22. The van der Waals surface area contributed by atoms with E-state index in [9.17, 15) is 19.5 Å². The van der Waals surface area contributed by atoms with Gasteiger partial charge in [0.1, 0.15) is 28.4 Å². The number of methoxy groups -OCH3 is 1. The highest BCUT2D eigenvalue weighted by molar-refractivity contribution is 5.99. The van der Waals surface area contributed by atoms with E-state index in [2.05, 4.69) is 48.2 Å². The molecule has 2 aromatic heterocycles.